The molecule has 1 aliphatic rings. The maximum Gasteiger partial charge on any atom is 0.220 e. The van der Waals surface area contributed by atoms with E-state index in [4.69, 9.17) is 9.47 Å². The number of aliphatic hydroxyl groups excluding tert-OH is 5. The van der Waals surface area contributed by atoms with Gasteiger partial charge in [-0.25, -0.2) is 0 Å². The van der Waals surface area contributed by atoms with Gasteiger partial charge in [-0.3, -0.25) is 4.79 Å². The van der Waals surface area contributed by atoms with Gasteiger partial charge in [0.15, 0.2) is 6.29 Å². The number of unbranched alkanes of at least 4 members (excludes halogenated alkanes) is 47. The third-order valence-corrected chi connectivity index (χ3v) is 17.1. The van der Waals surface area contributed by atoms with Crippen LogP contribution < -0.4 is 5.32 Å². The second kappa shape index (κ2) is 62.2. The SMILES string of the molecule is CCCCCCCCCC/C=C\CCCCCCCCCCCCCCCCCC(=O)NC(COC1OC(CO)C(O)C(O)C1O)C(O)/C=C/CC/C=C/CC/C=C/CCCCCCCCCCCCCCCCCCCCCCCC. The molecule has 0 spiro atoms. The summed E-state index contributed by atoms with van der Waals surface area (Å²) in [6.45, 7) is 3.81. The number of allylic oxidation sites excluding steroid dienone is 7. The molecule has 0 aromatic carbocycles. The van der Waals surface area contributed by atoms with Crippen LogP contribution in [-0.4, -0.2) is 87.5 Å². The number of rotatable bonds is 63. The molecule has 7 atom stereocenters. The fraction of sp³-hybridized carbons (Fsp3) is 0.877. The molecule has 0 radical (unpaired) electrons. The Morgan fingerprint density at radius 3 is 1.02 bits per heavy atom. The highest BCUT2D eigenvalue weighted by Crippen LogP contribution is 2.23. The summed E-state index contributed by atoms with van der Waals surface area (Å²) in [4.78, 5) is 13.1. The molecule has 1 saturated heterocycles. The molecule has 0 saturated carbocycles. The number of aliphatic hydroxyl groups is 5. The number of carbonyl (C=O) groups excluding carboxylic acids is 1. The van der Waals surface area contributed by atoms with Crippen molar-refractivity contribution >= 4 is 5.91 Å². The molecule has 82 heavy (non-hydrogen) atoms. The second-order valence-electron chi connectivity index (χ2n) is 25.0. The van der Waals surface area contributed by atoms with Gasteiger partial charge in [-0.15, -0.1) is 0 Å². The van der Waals surface area contributed by atoms with E-state index in [1.807, 2.05) is 6.08 Å². The summed E-state index contributed by atoms with van der Waals surface area (Å²) >= 11 is 0. The smallest absolute Gasteiger partial charge is 0.220 e. The van der Waals surface area contributed by atoms with Crippen molar-refractivity contribution in [2.75, 3.05) is 13.2 Å². The van der Waals surface area contributed by atoms with E-state index in [1.165, 1.54) is 289 Å². The minimum atomic E-state index is -1.58. The zero-order valence-electron chi connectivity index (χ0n) is 54.0. The molecule has 7 unspecified atom stereocenters. The van der Waals surface area contributed by atoms with Gasteiger partial charge < -0.3 is 40.3 Å². The molecule has 9 heteroatoms. The van der Waals surface area contributed by atoms with Gasteiger partial charge in [-0.1, -0.05) is 326 Å². The first kappa shape index (κ1) is 78.2. The van der Waals surface area contributed by atoms with Crippen molar-refractivity contribution in [1.82, 2.24) is 5.32 Å². The van der Waals surface area contributed by atoms with Crippen LogP contribution in [0.4, 0.5) is 0 Å². The Balaban J connectivity index is 2.15. The van der Waals surface area contributed by atoms with Crippen molar-refractivity contribution in [3.8, 4) is 0 Å². The highest BCUT2D eigenvalue weighted by Gasteiger charge is 2.44. The van der Waals surface area contributed by atoms with Crippen molar-refractivity contribution in [2.24, 2.45) is 0 Å². The predicted octanol–water partition coefficient (Wildman–Crippen LogP) is 19.6. The van der Waals surface area contributed by atoms with Crippen molar-refractivity contribution in [3.63, 3.8) is 0 Å². The van der Waals surface area contributed by atoms with Crippen LogP contribution in [0.25, 0.3) is 0 Å². The summed E-state index contributed by atoms with van der Waals surface area (Å²) in [5.41, 5.74) is 0. The summed E-state index contributed by atoms with van der Waals surface area (Å²) in [7, 11) is 0. The maximum absolute atomic E-state index is 13.1. The number of ether oxygens (including phenoxy) is 2. The van der Waals surface area contributed by atoms with E-state index in [-0.39, 0.29) is 12.5 Å². The Labute approximate surface area is 507 Å². The van der Waals surface area contributed by atoms with Crippen molar-refractivity contribution in [3.05, 3.63) is 48.6 Å². The standard InChI is InChI=1S/C73H137NO8/c1-3-5-7-9-11-13-15-17-19-21-23-25-27-29-31-32-33-34-35-37-38-40-42-44-46-48-50-52-54-56-58-60-62-67(76)66(65-81-73-72(80)71(79)70(78)68(64-75)82-73)74-69(77)63-61-59-57-55-53-51-49-47-45-43-41-39-36-30-28-26-24-22-20-18-16-14-12-10-8-6-4-2/h22,24,44,46,52,54,60,62,66-68,70-73,75-76,78-80H,3-21,23,25-43,45,47-51,53,55-59,61,63-65H2,1-2H3,(H,74,77)/b24-22-,46-44+,54-52+,62-60+. The maximum atomic E-state index is 13.1. The number of carbonyl (C=O) groups is 1. The fourth-order valence-electron chi connectivity index (χ4n) is 11.5. The molecule has 482 valence electrons. The Morgan fingerprint density at radius 1 is 0.402 bits per heavy atom. The minimum absolute atomic E-state index is 0.186. The molecule has 0 aliphatic carbocycles. The molecule has 0 aromatic heterocycles. The Hall–Kier alpha value is -1.85. The predicted molar refractivity (Wildman–Crippen MR) is 350 cm³/mol. The molecule has 9 nitrogen and oxygen atoms in total. The lowest BCUT2D eigenvalue weighted by molar-refractivity contribution is -0.302. The van der Waals surface area contributed by atoms with E-state index < -0.39 is 49.5 Å². The quantitative estimate of drug-likeness (QED) is 0.0261. The lowest BCUT2D eigenvalue weighted by atomic mass is 9.99. The molecule has 1 heterocycles. The molecular weight excluding hydrogens is 1020 g/mol. The van der Waals surface area contributed by atoms with E-state index in [0.29, 0.717) is 6.42 Å². The molecule has 1 rings (SSSR count). The van der Waals surface area contributed by atoms with Crippen molar-refractivity contribution in [1.29, 1.82) is 0 Å². The van der Waals surface area contributed by atoms with Gasteiger partial charge in [0, 0.05) is 6.42 Å². The van der Waals surface area contributed by atoms with Crippen LogP contribution in [0, 0.1) is 0 Å². The Kier molecular flexibility index (Phi) is 59.3. The number of nitrogens with one attached hydrogen (secondary N) is 1. The van der Waals surface area contributed by atoms with Crippen LogP contribution in [0.15, 0.2) is 48.6 Å². The average Bonchev–Trinajstić information content (AvgIpc) is 3.53. The van der Waals surface area contributed by atoms with Gasteiger partial charge in [0.2, 0.25) is 5.91 Å². The van der Waals surface area contributed by atoms with Crippen molar-refractivity contribution in [2.45, 2.75) is 397 Å². The first-order chi connectivity index (χ1) is 40.3. The topological polar surface area (TPSA) is 149 Å². The molecule has 1 amide bonds. The van der Waals surface area contributed by atoms with Crippen LogP contribution in [0.2, 0.25) is 0 Å². The lowest BCUT2D eigenvalue weighted by Crippen LogP contribution is -2.60. The third kappa shape index (κ3) is 50.3. The van der Waals surface area contributed by atoms with E-state index in [0.717, 1.165) is 44.9 Å². The van der Waals surface area contributed by atoms with E-state index >= 15 is 0 Å². The molecule has 0 bridgehead atoms. The summed E-state index contributed by atoms with van der Waals surface area (Å²) in [5.74, 6) is -0.186. The van der Waals surface area contributed by atoms with Crippen LogP contribution in [-0.2, 0) is 14.3 Å². The van der Waals surface area contributed by atoms with Gasteiger partial charge in [-0.05, 0) is 70.6 Å². The van der Waals surface area contributed by atoms with Gasteiger partial charge in [0.05, 0.1) is 25.4 Å². The van der Waals surface area contributed by atoms with Gasteiger partial charge in [-0.2, -0.15) is 0 Å². The van der Waals surface area contributed by atoms with E-state index in [9.17, 15) is 30.3 Å². The van der Waals surface area contributed by atoms with Crippen molar-refractivity contribution < 1.29 is 39.8 Å². The Morgan fingerprint density at radius 2 is 0.695 bits per heavy atom. The Bertz CT molecular complexity index is 1430. The highest BCUT2D eigenvalue weighted by molar-refractivity contribution is 5.76. The monoisotopic (exact) mass is 1160 g/mol. The molecule has 6 N–H and O–H groups in total. The van der Waals surface area contributed by atoms with Crippen LogP contribution in [0.3, 0.4) is 0 Å². The number of hydrogen-bond donors (Lipinski definition) is 6. The highest BCUT2D eigenvalue weighted by atomic mass is 16.7. The largest absolute Gasteiger partial charge is 0.394 e. The first-order valence-corrected chi connectivity index (χ1v) is 35.9. The molecule has 1 fully saturated rings. The zero-order chi connectivity index (χ0) is 59.3. The average molecular weight is 1160 g/mol. The summed E-state index contributed by atoms with van der Waals surface area (Å²) in [6.07, 6.45) is 78.0. The third-order valence-electron chi connectivity index (χ3n) is 17.1. The van der Waals surface area contributed by atoms with Gasteiger partial charge >= 0.3 is 0 Å². The zero-order valence-corrected chi connectivity index (χ0v) is 54.0. The normalized spacial score (nSPS) is 18.5. The number of hydrogen-bond acceptors (Lipinski definition) is 8. The summed E-state index contributed by atoms with van der Waals surface area (Å²) in [5, 5.41) is 54.7. The van der Waals surface area contributed by atoms with E-state index in [2.05, 4.69) is 55.6 Å². The first-order valence-electron chi connectivity index (χ1n) is 35.9. The van der Waals surface area contributed by atoms with Gasteiger partial charge in [0.25, 0.3) is 0 Å². The van der Waals surface area contributed by atoms with E-state index in [1.54, 1.807) is 6.08 Å². The van der Waals surface area contributed by atoms with Gasteiger partial charge in [0.1, 0.15) is 24.4 Å². The summed E-state index contributed by atoms with van der Waals surface area (Å²) < 4.78 is 11.3. The molecule has 1 aliphatic heterocycles. The number of amides is 1. The second-order valence-corrected chi connectivity index (χ2v) is 25.0. The molecule has 0 aromatic rings. The fourth-order valence-corrected chi connectivity index (χ4v) is 11.5. The minimum Gasteiger partial charge on any atom is -0.394 e. The van der Waals surface area contributed by atoms with Crippen LogP contribution in [0.1, 0.15) is 354 Å². The lowest BCUT2D eigenvalue weighted by Gasteiger charge is -2.40. The molecular formula is C73H137NO8. The van der Waals surface area contributed by atoms with Crippen LogP contribution >= 0.6 is 0 Å². The van der Waals surface area contributed by atoms with Crippen LogP contribution in [0.5, 0.6) is 0 Å². The summed E-state index contributed by atoms with van der Waals surface area (Å²) in [6, 6.07) is -0.830.